The zero-order chi connectivity index (χ0) is 12.9. The van der Waals surface area contributed by atoms with Crippen molar-refractivity contribution in [2.24, 2.45) is 5.90 Å². The van der Waals surface area contributed by atoms with Crippen molar-refractivity contribution in [1.29, 1.82) is 0 Å². The average Bonchev–Trinajstić information content (AvgIpc) is 2.34. The molecular weight excluding hydrogens is 222 g/mol. The van der Waals surface area contributed by atoms with Gasteiger partial charge in [0.05, 0.1) is 19.1 Å². The average molecular weight is 243 g/mol. The molecule has 0 aliphatic carbocycles. The normalized spacial score (nSPS) is 10.5. The maximum absolute atomic E-state index is 11.1. The summed E-state index contributed by atoms with van der Waals surface area (Å²) < 4.78 is 4.78. The maximum Gasteiger partial charge on any atom is 0.325 e. The highest BCUT2D eigenvalue weighted by atomic mass is 16.7. The predicted molar refractivity (Wildman–Crippen MR) is 63.5 cm³/mol. The third-order valence-corrected chi connectivity index (χ3v) is 2.18. The van der Waals surface area contributed by atoms with Crippen molar-refractivity contribution in [3.8, 4) is 0 Å². The smallest absolute Gasteiger partial charge is 0.325 e. The van der Waals surface area contributed by atoms with Gasteiger partial charge in [-0.05, 0) is 18.9 Å². The Kier molecular flexibility index (Phi) is 10.2. The van der Waals surface area contributed by atoms with Crippen LogP contribution in [0.4, 0.5) is 0 Å². The lowest BCUT2D eigenvalue weighted by atomic mass is 10.1. The van der Waals surface area contributed by atoms with E-state index < -0.39 is 11.9 Å². The summed E-state index contributed by atoms with van der Waals surface area (Å²) in [4.78, 5) is 25.6. The van der Waals surface area contributed by atoms with E-state index in [1.54, 1.807) is 0 Å². The van der Waals surface area contributed by atoms with E-state index in [0.717, 1.165) is 12.8 Å². The molecule has 0 aromatic rings. The summed E-state index contributed by atoms with van der Waals surface area (Å²) in [6.07, 6.45) is 8.74. The highest BCUT2D eigenvalue weighted by Crippen LogP contribution is 2.03. The van der Waals surface area contributed by atoms with E-state index >= 15 is 0 Å². The van der Waals surface area contributed by atoms with E-state index in [4.69, 9.17) is 4.74 Å². The van der Waals surface area contributed by atoms with Crippen LogP contribution in [-0.2, 0) is 19.2 Å². The molecule has 0 saturated carbocycles. The quantitative estimate of drug-likeness (QED) is 0.291. The van der Waals surface area contributed by atoms with E-state index in [0.29, 0.717) is 0 Å². The zero-order valence-corrected chi connectivity index (χ0v) is 10.3. The molecule has 0 aliphatic rings. The highest BCUT2D eigenvalue weighted by Gasteiger charge is 2.06. The van der Waals surface area contributed by atoms with E-state index in [2.05, 4.69) is 17.7 Å². The number of esters is 1. The van der Waals surface area contributed by atoms with Crippen LogP contribution >= 0.6 is 0 Å². The van der Waals surface area contributed by atoms with Crippen molar-refractivity contribution in [2.75, 3.05) is 0 Å². The molecule has 0 rings (SSSR count). The van der Waals surface area contributed by atoms with Crippen LogP contribution in [0.2, 0.25) is 0 Å². The van der Waals surface area contributed by atoms with Crippen molar-refractivity contribution in [1.82, 2.24) is 0 Å². The van der Waals surface area contributed by atoms with Gasteiger partial charge in [-0.25, -0.2) is 0 Å². The molecule has 0 amide bonds. The summed E-state index contributed by atoms with van der Waals surface area (Å²) in [6.45, 7) is 2.16. The number of unbranched alkanes of at least 4 members (excludes halogenated alkanes) is 4. The van der Waals surface area contributed by atoms with Crippen LogP contribution in [0.3, 0.4) is 0 Å². The predicted octanol–water partition coefficient (Wildman–Crippen LogP) is 2.21. The molecule has 0 unspecified atom stereocenters. The Morgan fingerprint density at radius 1 is 1.12 bits per heavy atom. The van der Waals surface area contributed by atoms with Crippen LogP contribution in [0.5, 0.6) is 0 Å². The zero-order valence-electron chi connectivity index (χ0n) is 10.3. The fourth-order valence-corrected chi connectivity index (χ4v) is 1.20. The van der Waals surface area contributed by atoms with Gasteiger partial charge in [-0.15, -0.1) is 0 Å². The number of hydrogen-bond acceptors (Lipinski definition) is 5. The standard InChI is InChI=1S/C12H21NO4/c1-2-3-4-5-6-7-10-16-11(14)8-9-12(15)17-13/h7,10H,2-6,8-9,13H2,1H3. The molecule has 5 heteroatoms. The number of carbonyl (C=O) groups is 2. The third-order valence-electron chi connectivity index (χ3n) is 2.18. The van der Waals surface area contributed by atoms with Crippen LogP contribution in [0.25, 0.3) is 0 Å². The fraction of sp³-hybridized carbons (Fsp3) is 0.667. The van der Waals surface area contributed by atoms with Gasteiger partial charge in [0, 0.05) is 0 Å². The first-order valence-electron chi connectivity index (χ1n) is 5.94. The molecule has 0 heterocycles. The highest BCUT2D eigenvalue weighted by molar-refractivity contribution is 5.77. The van der Waals surface area contributed by atoms with Gasteiger partial charge in [-0.1, -0.05) is 26.2 Å². The van der Waals surface area contributed by atoms with Crippen molar-refractivity contribution in [3.05, 3.63) is 12.3 Å². The van der Waals surface area contributed by atoms with Gasteiger partial charge < -0.3 is 9.57 Å². The largest absolute Gasteiger partial charge is 0.435 e. The Bertz CT molecular complexity index is 251. The Labute approximate surface area is 102 Å². The molecular formula is C12H21NO4. The Balaban J connectivity index is 3.43. The number of hydrogen-bond donors (Lipinski definition) is 1. The number of ether oxygens (including phenoxy) is 1. The first-order valence-corrected chi connectivity index (χ1v) is 5.94. The van der Waals surface area contributed by atoms with Gasteiger partial charge in [0.15, 0.2) is 0 Å². The van der Waals surface area contributed by atoms with Crippen LogP contribution in [0.1, 0.15) is 51.9 Å². The molecule has 2 N–H and O–H groups in total. The molecule has 17 heavy (non-hydrogen) atoms. The molecule has 0 spiro atoms. The molecule has 0 radical (unpaired) electrons. The second-order valence-corrected chi connectivity index (χ2v) is 3.70. The lowest BCUT2D eigenvalue weighted by Crippen LogP contribution is -2.12. The molecule has 0 aromatic carbocycles. The van der Waals surface area contributed by atoms with Crippen LogP contribution in [-0.4, -0.2) is 11.9 Å². The summed E-state index contributed by atoms with van der Waals surface area (Å²) in [7, 11) is 0. The molecule has 0 bridgehead atoms. The minimum absolute atomic E-state index is 0.0177. The summed E-state index contributed by atoms with van der Waals surface area (Å²) >= 11 is 0. The topological polar surface area (TPSA) is 78.6 Å². The lowest BCUT2D eigenvalue weighted by Gasteiger charge is -1.98. The molecule has 0 fully saturated rings. The van der Waals surface area contributed by atoms with Crippen LogP contribution in [0.15, 0.2) is 12.3 Å². The van der Waals surface area contributed by atoms with Crippen molar-refractivity contribution >= 4 is 11.9 Å². The molecule has 5 nitrogen and oxygen atoms in total. The lowest BCUT2D eigenvalue weighted by molar-refractivity contribution is -0.148. The van der Waals surface area contributed by atoms with Gasteiger partial charge in [0.1, 0.15) is 0 Å². The number of rotatable bonds is 9. The van der Waals surface area contributed by atoms with Gasteiger partial charge in [-0.2, -0.15) is 5.90 Å². The van der Waals surface area contributed by atoms with Crippen molar-refractivity contribution < 1.29 is 19.2 Å². The summed E-state index contributed by atoms with van der Waals surface area (Å²) in [6, 6.07) is 0. The molecule has 0 aromatic heterocycles. The second-order valence-electron chi connectivity index (χ2n) is 3.70. The Morgan fingerprint density at radius 3 is 2.47 bits per heavy atom. The first-order chi connectivity index (χ1) is 8.20. The maximum atomic E-state index is 11.1. The second kappa shape index (κ2) is 11.1. The van der Waals surface area contributed by atoms with Crippen molar-refractivity contribution in [3.63, 3.8) is 0 Å². The molecule has 98 valence electrons. The van der Waals surface area contributed by atoms with Gasteiger partial charge in [0.25, 0.3) is 0 Å². The van der Waals surface area contributed by atoms with E-state index in [1.165, 1.54) is 25.5 Å². The Hall–Kier alpha value is -1.36. The molecule has 0 saturated heterocycles. The number of carbonyl (C=O) groups excluding carboxylic acids is 2. The summed E-state index contributed by atoms with van der Waals surface area (Å²) in [5, 5.41) is 0. The van der Waals surface area contributed by atoms with Gasteiger partial charge >= 0.3 is 11.9 Å². The van der Waals surface area contributed by atoms with E-state index in [9.17, 15) is 9.59 Å². The van der Waals surface area contributed by atoms with Crippen LogP contribution < -0.4 is 5.90 Å². The van der Waals surface area contributed by atoms with Crippen LogP contribution in [0, 0.1) is 0 Å². The fourth-order valence-electron chi connectivity index (χ4n) is 1.20. The van der Waals surface area contributed by atoms with E-state index in [-0.39, 0.29) is 12.8 Å². The SMILES string of the molecule is CCCCCCC=COC(=O)CCC(=O)ON. The first kappa shape index (κ1) is 15.6. The van der Waals surface area contributed by atoms with Crippen molar-refractivity contribution in [2.45, 2.75) is 51.9 Å². The molecule has 0 atom stereocenters. The Morgan fingerprint density at radius 2 is 1.82 bits per heavy atom. The third kappa shape index (κ3) is 10.9. The number of nitrogens with two attached hydrogens (primary N) is 1. The summed E-state index contributed by atoms with van der Waals surface area (Å²) in [5.41, 5.74) is 0. The molecule has 0 aliphatic heterocycles. The minimum Gasteiger partial charge on any atom is -0.435 e. The van der Waals surface area contributed by atoms with Gasteiger partial charge in [0.2, 0.25) is 0 Å². The van der Waals surface area contributed by atoms with E-state index in [1.807, 2.05) is 6.08 Å². The minimum atomic E-state index is -0.620. The number of allylic oxidation sites excluding steroid dienone is 1. The van der Waals surface area contributed by atoms with Gasteiger partial charge in [-0.3, -0.25) is 9.59 Å². The summed E-state index contributed by atoms with van der Waals surface area (Å²) in [5.74, 6) is 3.54. The monoisotopic (exact) mass is 243 g/mol.